The molecule has 0 radical (unpaired) electrons. The van der Waals surface area contributed by atoms with Crippen molar-refractivity contribution in [3.8, 4) is 0 Å². The van der Waals surface area contributed by atoms with Gasteiger partial charge in [-0.3, -0.25) is 9.59 Å². The van der Waals surface area contributed by atoms with Gasteiger partial charge in [0, 0.05) is 24.7 Å². The molecular formula is C19H26N2O2. The summed E-state index contributed by atoms with van der Waals surface area (Å²) < 4.78 is 0. The number of carbonyl (C=O) groups is 2. The van der Waals surface area contributed by atoms with Gasteiger partial charge in [0.05, 0.1) is 0 Å². The smallest absolute Gasteiger partial charge is 0.249 e. The predicted octanol–water partition coefficient (Wildman–Crippen LogP) is 3.00. The van der Waals surface area contributed by atoms with Gasteiger partial charge in [-0.05, 0) is 43.9 Å². The molecule has 3 rings (SSSR count). The lowest BCUT2D eigenvalue weighted by Gasteiger charge is -2.40. The normalized spacial score (nSPS) is 22.7. The van der Waals surface area contributed by atoms with E-state index in [9.17, 15) is 9.59 Å². The monoisotopic (exact) mass is 314 g/mol. The molecule has 2 aliphatic rings. The van der Waals surface area contributed by atoms with Crippen molar-refractivity contribution in [1.82, 2.24) is 4.90 Å². The van der Waals surface area contributed by atoms with E-state index in [1.54, 1.807) is 4.90 Å². The van der Waals surface area contributed by atoms with E-state index in [0.29, 0.717) is 13.1 Å². The Balaban J connectivity index is 1.71. The number of nitrogens with zero attached hydrogens (tertiary/aromatic N) is 2. The van der Waals surface area contributed by atoms with Gasteiger partial charge in [-0.2, -0.15) is 0 Å². The Morgan fingerprint density at radius 1 is 1.13 bits per heavy atom. The fourth-order valence-corrected chi connectivity index (χ4v) is 3.75. The Labute approximate surface area is 138 Å². The van der Waals surface area contributed by atoms with Crippen molar-refractivity contribution in [2.24, 2.45) is 5.92 Å². The summed E-state index contributed by atoms with van der Waals surface area (Å²) in [5.74, 6) is 0.358. The van der Waals surface area contributed by atoms with E-state index in [1.165, 1.54) is 5.56 Å². The molecule has 1 atom stereocenters. The van der Waals surface area contributed by atoms with Gasteiger partial charge in [-0.1, -0.05) is 31.9 Å². The highest BCUT2D eigenvalue weighted by Gasteiger charge is 2.37. The molecule has 1 aliphatic heterocycles. The van der Waals surface area contributed by atoms with Crippen LogP contribution >= 0.6 is 0 Å². The predicted molar refractivity (Wildman–Crippen MR) is 91.3 cm³/mol. The van der Waals surface area contributed by atoms with E-state index in [2.05, 4.69) is 19.1 Å². The van der Waals surface area contributed by atoms with Gasteiger partial charge in [-0.15, -0.1) is 0 Å². The van der Waals surface area contributed by atoms with Crippen LogP contribution in [0.4, 0.5) is 5.69 Å². The highest BCUT2D eigenvalue weighted by atomic mass is 16.2. The van der Waals surface area contributed by atoms with E-state index in [4.69, 9.17) is 0 Å². The SMILES string of the molecule is CCc1ccc(N2CCN(C(=O)C3CCCC3)[C@H](C)C2=O)cc1. The van der Waals surface area contributed by atoms with E-state index in [-0.39, 0.29) is 23.8 Å². The van der Waals surface area contributed by atoms with Gasteiger partial charge >= 0.3 is 0 Å². The maximum Gasteiger partial charge on any atom is 0.249 e. The van der Waals surface area contributed by atoms with Gasteiger partial charge < -0.3 is 9.80 Å². The van der Waals surface area contributed by atoms with Crippen LogP contribution < -0.4 is 4.90 Å². The van der Waals surface area contributed by atoms with Gasteiger partial charge in [-0.25, -0.2) is 0 Å². The molecule has 2 amide bonds. The number of benzene rings is 1. The van der Waals surface area contributed by atoms with Gasteiger partial charge in [0.2, 0.25) is 11.8 Å². The molecule has 1 saturated heterocycles. The molecule has 124 valence electrons. The molecule has 0 unspecified atom stereocenters. The molecule has 0 bridgehead atoms. The lowest BCUT2D eigenvalue weighted by Crippen LogP contribution is -2.58. The summed E-state index contributed by atoms with van der Waals surface area (Å²) >= 11 is 0. The first-order chi connectivity index (χ1) is 11.1. The van der Waals surface area contributed by atoms with Crippen LogP contribution in [0.1, 0.15) is 45.1 Å². The summed E-state index contributed by atoms with van der Waals surface area (Å²) in [7, 11) is 0. The summed E-state index contributed by atoms with van der Waals surface area (Å²) in [5.41, 5.74) is 2.20. The molecule has 1 heterocycles. The van der Waals surface area contributed by atoms with Crippen LogP contribution in [-0.4, -0.2) is 35.8 Å². The van der Waals surface area contributed by atoms with Crippen LogP contribution in [0, 0.1) is 5.92 Å². The Hall–Kier alpha value is -1.84. The Kier molecular flexibility index (Phi) is 4.69. The van der Waals surface area contributed by atoms with E-state index < -0.39 is 0 Å². The maximum atomic E-state index is 12.7. The molecule has 4 nitrogen and oxygen atoms in total. The third-order valence-corrected chi connectivity index (χ3v) is 5.30. The van der Waals surface area contributed by atoms with E-state index in [1.807, 2.05) is 24.0 Å². The number of carbonyl (C=O) groups excluding carboxylic acids is 2. The topological polar surface area (TPSA) is 40.6 Å². The molecule has 0 N–H and O–H groups in total. The average molecular weight is 314 g/mol. The summed E-state index contributed by atoms with van der Waals surface area (Å²) in [6.45, 7) is 5.21. The van der Waals surface area contributed by atoms with E-state index in [0.717, 1.165) is 37.8 Å². The number of hydrogen-bond donors (Lipinski definition) is 0. The average Bonchev–Trinajstić information content (AvgIpc) is 3.11. The maximum absolute atomic E-state index is 12.7. The molecule has 1 aromatic carbocycles. The quantitative estimate of drug-likeness (QED) is 0.860. The third kappa shape index (κ3) is 3.12. The molecule has 1 aromatic rings. The van der Waals surface area contributed by atoms with Crippen molar-refractivity contribution in [2.75, 3.05) is 18.0 Å². The van der Waals surface area contributed by atoms with E-state index >= 15 is 0 Å². The molecule has 2 fully saturated rings. The summed E-state index contributed by atoms with van der Waals surface area (Å²) in [4.78, 5) is 29.0. The molecule has 23 heavy (non-hydrogen) atoms. The molecular weight excluding hydrogens is 288 g/mol. The zero-order valence-electron chi connectivity index (χ0n) is 14.1. The zero-order valence-corrected chi connectivity index (χ0v) is 14.1. The minimum absolute atomic E-state index is 0.0341. The van der Waals surface area contributed by atoms with Crippen LogP contribution in [-0.2, 0) is 16.0 Å². The van der Waals surface area contributed by atoms with Crippen molar-refractivity contribution in [2.45, 2.75) is 52.0 Å². The number of amides is 2. The van der Waals surface area contributed by atoms with Gasteiger partial charge in [0.15, 0.2) is 0 Å². The Morgan fingerprint density at radius 2 is 1.78 bits per heavy atom. The van der Waals surface area contributed by atoms with Crippen LogP contribution in [0.2, 0.25) is 0 Å². The fourth-order valence-electron chi connectivity index (χ4n) is 3.75. The first-order valence-electron chi connectivity index (χ1n) is 8.82. The molecule has 1 saturated carbocycles. The van der Waals surface area contributed by atoms with Crippen molar-refractivity contribution >= 4 is 17.5 Å². The second-order valence-corrected chi connectivity index (χ2v) is 6.70. The standard InChI is InChI=1S/C19H26N2O2/c1-3-15-8-10-17(11-9-15)21-13-12-20(14(2)18(21)22)19(23)16-6-4-5-7-16/h8-11,14,16H,3-7,12-13H2,1-2H3/t14-/m1/s1. The van der Waals surface area contributed by atoms with Gasteiger partial charge in [0.1, 0.15) is 6.04 Å². The second-order valence-electron chi connectivity index (χ2n) is 6.70. The van der Waals surface area contributed by atoms with Crippen LogP contribution in [0.15, 0.2) is 24.3 Å². The minimum Gasteiger partial charge on any atom is -0.329 e. The van der Waals surface area contributed by atoms with Gasteiger partial charge in [0.25, 0.3) is 0 Å². The van der Waals surface area contributed by atoms with Crippen molar-refractivity contribution in [3.05, 3.63) is 29.8 Å². The highest BCUT2D eigenvalue weighted by molar-refractivity contribution is 6.00. The van der Waals surface area contributed by atoms with Crippen molar-refractivity contribution in [3.63, 3.8) is 0 Å². The lowest BCUT2D eigenvalue weighted by atomic mass is 10.0. The Morgan fingerprint density at radius 3 is 2.39 bits per heavy atom. The number of hydrogen-bond acceptors (Lipinski definition) is 2. The first-order valence-corrected chi connectivity index (χ1v) is 8.82. The van der Waals surface area contributed by atoms with Crippen molar-refractivity contribution in [1.29, 1.82) is 0 Å². The molecule has 0 spiro atoms. The third-order valence-electron chi connectivity index (χ3n) is 5.30. The highest BCUT2D eigenvalue weighted by Crippen LogP contribution is 2.29. The number of aryl methyl sites for hydroxylation is 1. The van der Waals surface area contributed by atoms with Crippen LogP contribution in [0.25, 0.3) is 0 Å². The number of piperazine rings is 1. The second kappa shape index (κ2) is 6.73. The fraction of sp³-hybridized carbons (Fsp3) is 0.579. The zero-order chi connectivity index (χ0) is 16.4. The molecule has 0 aromatic heterocycles. The van der Waals surface area contributed by atoms with Crippen LogP contribution in [0.5, 0.6) is 0 Å². The molecule has 1 aliphatic carbocycles. The number of anilines is 1. The van der Waals surface area contributed by atoms with Crippen molar-refractivity contribution < 1.29 is 9.59 Å². The molecule has 4 heteroatoms. The summed E-state index contributed by atoms with van der Waals surface area (Å²) in [6, 6.07) is 7.81. The first kappa shape index (κ1) is 16.0. The lowest BCUT2D eigenvalue weighted by molar-refractivity contribution is -0.143. The van der Waals surface area contributed by atoms with Crippen LogP contribution in [0.3, 0.4) is 0 Å². The Bertz CT molecular complexity index is 576. The minimum atomic E-state index is -0.359. The summed E-state index contributed by atoms with van der Waals surface area (Å²) in [5, 5.41) is 0. The number of rotatable bonds is 3. The summed E-state index contributed by atoms with van der Waals surface area (Å²) in [6.07, 6.45) is 5.25. The largest absolute Gasteiger partial charge is 0.329 e.